The molecule has 1 rings (SSSR count). The second-order valence-electron chi connectivity index (χ2n) is 3.65. The summed E-state index contributed by atoms with van der Waals surface area (Å²) in [6.45, 7) is 3.82. The quantitative estimate of drug-likeness (QED) is 0.638. The topological polar surface area (TPSA) is 77.2 Å². The lowest BCUT2D eigenvalue weighted by Gasteiger charge is -2.14. The Labute approximate surface area is 106 Å². The molecule has 1 N–H and O–H groups in total. The van der Waals surface area contributed by atoms with Gasteiger partial charge in [-0.15, -0.1) is 5.10 Å². The Bertz CT molecular complexity index is 470. The van der Waals surface area contributed by atoms with Crippen molar-refractivity contribution in [2.24, 2.45) is 0 Å². The van der Waals surface area contributed by atoms with Crippen molar-refractivity contribution in [2.75, 3.05) is 6.61 Å². The molecule has 0 saturated carbocycles. The lowest BCUT2D eigenvalue weighted by molar-refractivity contribution is -0.208. The third-order valence-corrected chi connectivity index (χ3v) is 2.23. The van der Waals surface area contributed by atoms with Crippen LogP contribution in [0.15, 0.2) is 12.7 Å². The Hall–Kier alpha value is -1.90. The number of ether oxygens (including phenoxy) is 1. The van der Waals surface area contributed by atoms with Crippen LogP contribution in [-0.4, -0.2) is 45.0 Å². The number of carbonyl (C=O) groups is 1. The summed E-state index contributed by atoms with van der Waals surface area (Å²) in [6, 6.07) is 0. The van der Waals surface area contributed by atoms with Gasteiger partial charge < -0.3 is 9.84 Å². The third kappa shape index (κ3) is 3.78. The second-order valence-corrected chi connectivity index (χ2v) is 3.65. The molecule has 0 aliphatic carbocycles. The zero-order valence-corrected chi connectivity index (χ0v) is 10.0. The highest BCUT2D eigenvalue weighted by atomic mass is 19.4. The van der Waals surface area contributed by atoms with Gasteiger partial charge in [-0.3, -0.25) is 0 Å². The van der Waals surface area contributed by atoms with E-state index in [-0.39, 0.29) is 18.0 Å². The van der Waals surface area contributed by atoms with Gasteiger partial charge in [-0.2, -0.15) is 13.2 Å². The molecule has 9 heteroatoms. The zero-order chi connectivity index (χ0) is 14.6. The molecular formula is C10H12F3N3O3. The largest absolute Gasteiger partial charge is 0.457 e. The number of rotatable bonds is 5. The summed E-state index contributed by atoms with van der Waals surface area (Å²) in [5.74, 6) is -0.815. The molecule has 6 nitrogen and oxygen atoms in total. The van der Waals surface area contributed by atoms with Crippen LogP contribution in [0, 0.1) is 6.92 Å². The fraction of sp³-hybridized carbons (Fsp3) is 0.500. The van der Waals surface area contributed by atoms with Gasteiger partial charge in [0.2, 0.25) is 0 Å². The summed E-state index contributed by atoms with van der Waals surface area (Å²) in [6.07, 6.45) is -6.00. The summed E-state index contributed by atoms with van der Waals surface area (Å²) >= 11 is 0. The molecule has 0 aromatic carbocycles. The molecule has 0 bridgehead atoms. The number of hydrogen-bond acceptors (Lipinski definition) is 5. The molecule has 1 aromatic heterocycles. The second kappa shape index (κ2) is 5.83. The molecule has 0 radical (unpaired) electrons. The number of nitrogens with zero attached hydrogens (tertiary/aromatic N) is 3. The molecule has 0 saturated heterocycles. The van der Waals surface area contributed by atoms with E-state index in [0.717, 1.165) is 4.68 Å². The molecule has 19 heavy (non-hydrogen) atoms. The monoisotopic (exact) mass is 279 g/mol. The minimum absolute atomic E-state index is 0.0453. The van der Waals surface area contributed by atoms with Crippen molar-refractivity contribution in [3.63, 3.8) is 0 Å². The molecule has 0 aliphatic rings. The first-order chi connectivity index (χ1) is 8.77. The number of hydrogen-bond donors (Lipinski definition) is 1. The van der Waals surface area contributed by atoms with E-state index in [0.29, 0.717) is 0 Å². The summed E-state index contributed by atoms with van der Waals surface area (Å²) in [5, 5.41) is 15.7. The molecule has 0 spiro atoms. The van der Waals surface area contributed by atoms with Crippen LogP contribution < -0.4 is 0 Å². The van der Waals surface area contributed by atoms with Gasteiger partial charge in [0.1, 0.15) is 6.61 Å². The first kappa shape index (κ1) is 15.2. The minimum atomic E-state index is -4.76. The van der Waals surface area contributed by atoms with E-state index in [1.54, 1.807) is 0 Å². The van der Waals surface area contributed by atoms with Crippen LogP contribution in [-0.2, 0) is 11.3 Å². The number of halogens is 3. The molecule has 0 aliphatic heterocycles. The Kier molecular flexibility index (Phi) is 4.65. The Balaban J connectivity index is 2.81. The van der Waals surface area contributed by atoms with Crippen LogP contribution in [0.1, 0.15) is 16.2 Å². The maximum Gasteiger partial charge on any atom is 0.416 e. The van der Waals surface area contributed by atoms with E-state index in [9.17, 15) is 18.0 Å². The Morgan fingerprint density at radius 2 is 2.26 bits per heavy atom. The third-order valence-electron chi connectivity index (χ3n) is 2.23. The number of carbonyl (C=O) groups excluding carboxylic acids is 1. The number of aliphatic hydroxyl groups excluding tert-OH is 1. The van der Waals surface area contributed by atoms with E-state index >= 15 is 0 Å². The highest BCUT2D eigenvalue weighted by Gasteiger charge is 2.39. The fourth-order valence-electron chi connectivity index (χ4n) is 1.19. The standard InChI is InChI=1S/C10H12F3N3O3/c1-3-4-19-9(18)8-6(2)16(15-14-8)5-7(17)10(11,12)13/h3,7,17H,1,4-5H2,2H3. The van der Waals surface area contributed by atoms with E-state index in [1.165, 1.54) is 13.0 Å². The average Bonchev–Trinajstić information content (AvgIpc) is 2.67. The Morgan fingerprint density at radius 3 is 2.79 bits per heavy atom. The molecule has 1 unspecified atom stereocenters. The van der Waals surface area contributed by atoms with Gasteiger partial charge in [-0.25, -0.2) is 9.48 Å². The molecule has 0 fully saturated rings. The first-order valence-electron chi connectivity index (χ1n) is 5.20. The summed E-state index contributed by atoms with van der Waals surface area (Å²) in [5.41, 5.74) is -0.117. The van der Waals surface area contributed by atoms with E-state index in [4.69, 9.17) is 5.11 Å². The van der Waals surface area contributed by atoms with E-state index in [2.05, 4.69) is 21.6 Å². The molecule has 0 amide bonds. The number of aromatic nitrogens is 3. The summed E-state index contributed by atoms with van der Waals surface area (Å²) < 4.78 is 42.0. The molecule has 1 heterocycles. The van der Waals surface area contributed by atoms with Crippen LogP contribution >= 0.6 is 0 Å². The average molecular weight is 279 g/mol. The minimum Gasteiger partial charge on any atom is -0.457 e. The first-order valence-corrected chi connectivity index (χ1v) is 5.20. The smallest absolute Gasteiger partial charge is 0.416 e. The van der Waals surface area contributed by atoms with Gasteiger partial charge in [-0.05, 0) is 6.92 Å². The van der Waals surface area contributed by atoms with Gasteiger partial charge in [0.05, 0.1) is 12.2 Å². The van der Waals surface area contributed by atoms with Crippen molar-refractivity contribution in [3.05, 3.63) is 24.0 Å². The van der Waals surface area contributed by atoms with Gasteiger partial charge in [0.25, 0.3) is 0 Å². The van der Waals surface area contributed by atoms with Gasteiger partial charge >= 0.3 is 12.1 Å². The van der Waals surface area contributed by atoms with Crippen molar-refractivity contribution >= 4 is 5.97 Å². The van der Waals surface area contributed by atoms with Gasteiger partial charge in [-0.1, -0.05) is 17.9 Å². The fourth-order valence-corrected chi connectivity index (χ4v) is 1.19. The zero-order valence-electron chi connectivity index (χ0n) is 10.0. The maximum absolute atomic E-state index is 12.2. The predicted octanol–water partition coefficient (Wildman–Crippen LogP) is 0.853. The van der Waals surface area contributed by atoms with Crippen LogP contribution in [0.5, 0.6) is 0 Å². The van der Waals surface area contributed by atoms with Crippen molar-refractivity contribution in [2.45, 2.75) is 25.7 Å². The summed E-state index contributed by atoms with van der Waals surface area (Å²) in [7, 11) is 0. The highest BCUT2D eigenvalue weighted by Crippen LogP contribution is 2.21. The SMILES string of the molecule is C=CCOC(=O)c1nnn(CC(O)C(F)(F)F)c1C. The van der Waals surface area contributed by atoms with Crippen LogP contribution in [0.25, 0.3) is 0 Å². The molecular weight excluding hydrogens is 267 g/mol. The molecule has 1 atom stereocenters. The molecule has 1 aromatic rings. The number of alkyl halides is 3. The van der Waals surface area contributed by atoms with Crippen LogP contribution in [0.2, 0.25) is 0 Å². The lowest BCUT2D eigenvalue weighted by atomic mass is 10.3. The maximum atomic E-state index is 12.2. The molecule has 106 valence electrons. The van der Waals surface area contributed by atoms with Gasteiger partial charge in [0, 0.05) is 0 Å². The lowest BCUT2D eigenvalue weighted by Crippen LogP contribution is -2.33. The van der Waals surface area contributed by atoms with Crippen molar-refractivity contribution in [1.82, 2.24) is 15.0 Å². The van der Waals surface area contributed by atoms with Crippen molar-refractivity contribution in [1.29, 1.82) is 0 Å². The number of esters is 1. The van der Waals surface area contributed by atoms with Gasteiger partial charge in [0.15, 0.2) is 11.8 Å². The Morgan fingerprint density at radius 1 is 1.63 bits per heavy atom. The predicted molar refractivity (Wildman–Crippen MR) is 57.3 cm³/mol. The number of aliphatic hydroxyl groups is 1. The van der Waals surface area contributed by atoms with Crippen LogP contribution in [0.3, 0.4) is 0 Å². The van der Waals surface area contributed by atoms with E-state index in [1.807, 2.05) is 0 Å². The van der Waals surface area contributed by atoms with E-state index < -0.39 is 24.8 Å². The van der Waals surface area contributed by atoms with Crippen LogP contribution in [0.4, 0.5) is 13.2 Å². The van der Waals surface area contributed by atoms with Crippen molar-refractivity contribution in [3.8, 4) is 0 Å². The summed E-state index contributed by atoms with van der Waals surface area (Å²) in [4.78, 5) is 11.4. The van der Waals surface area contributed by atoms with Crippen molar-refractivity contribution < 1.29 is 27.8 Å². The highest BCUT2D eigenvalue weighted by molar-refractivity contribution is 5.88. The normalized spacial score (nSPS) is 13.1.